The SMILES string of the molecule is CCC(C)CCCCCCCCCCCCCCCCCCCCC(=O)OC[C@H](COP(=O)(O)O)OC(=O)CCCCCCCCCCCCCCCC(C)C. The Bertz CT molecular complexity index is 907. The molecule has 0 aliphatic heterocycles. The van der Waals surface area contributed by atoms with Crippen LogP contribution in [0.4, 0.5) is 0 Å². The van der Waals surface area contributed by atoms with Gasteiger partial charge in [-0.1, -0.05) is 233 Å². The van der Waals surface area contributed by atoms with Gasteiger partial charge in [-0.25, -0.2) is 4.57 Å². The number of rotatable bonds is 44. The van der Waals surface area contributed by atoms with Crippen LogP contribution in [-0.2, 0) is 28.2 Å². The average Bonchev–Trinajstić information content (AvgIpc) is 3.15. The van der Waals surface area contributed by atoms with Gasteiger partial charge in [-0.15, -0.1) is 0 Å². The van der Waals surface area contributed by atoms with Crippen molar-refractivity contribution in [2.75, 3.05) is 13.2 Å². The van der Waals surface area contributed by atoms with Crippen molar-refractivity contribution in [1.29, 1.82) is 0 Å². The molecule has 1 unspecified atom stereocenters. The van der Waals surface area contributed by atoms with Crippen LogP contribution >= 0.6 is 7.82 Å². The van der Waals surface area contributed by atoms with E-state index < -0.39 is 32.5 Å². The summed E-state index contributed by atoms with van der Waals surface area (Å²) >= 11 is 0. The molecule has 0 aromatic heterocycles. The summed E-state index contributed by atoms with van der Waals surface area (Å²) in [4.78, 5) is 43.0. The molecular formula is C47H93O8P. The second-order valence-corrected chi connectivity index (χ2v) is 18.8. The Hall–Kier alpha value is -0.950. The van der Waals surface area contributed by atoms with Crippen LogP contribution in [0.25, 0.3) is 0 Å². The van der Waals surface area contributed by atoms with Crippen molar-refractivity contribution in [2.45, 2.75) is 265 Å². The Labute approximate surface area is 346 Å². The van der Waals surface area contributed by atoms with Crippen LogP contribution in [0.15, 0.2) is 0 Å². The summed E-state index contributed by atoms with van der Waals surface area (Å²) in [5, 5.41) is 0. The minimum atomic E-state index is -4.75. The summed E-state index contributed by atoms with van der Waals surface area (Å²) in [6.07, 6.45) is 42.6. The molecule has 0 fully saturated rings. The molecule has 0 aliphatic rings. The van der Waals surface area contributed by atoms with Gasteiger partial charge < -0.3 is 19.3 Å². The van der Waals surface area contributed by atoms with Gasteiger partial charge in [0, 0.05) is 12.8 Å². The summed E-state index contributed by atoms with van der Waals surface area (Å²) in [5.41, 5.74) is 0. The van der Waals surface area contributed by atoms with Crippen molar-refractivity contribution in [3.63, 3.8) is 0 Å². The fourth-order valence-corrected chi connectivity index (χ4v) is 7.72. The van der Waals surface area contributed by atoms with E-state index in [0.717, 1.165) is 50.4 Å². The second kappa shape index (κ2) is 40.8. The first-order chi connectivity index (χ1) is 27.0. The lowest BCUT2D eigenvalue weighted by atomic mass is 9.99. The van der Waals surface area contributed by atoms with E-state index in [1.54, 1.807) is 0 Å². The Balaban J connectivity index is 3.78. The molecule has 2 N–H and O–H groups in total. The molecule has 0 radical (unpaired) electrons. The largest absolute Gasteiger partial charge is 0.469 e. The Morgan fingerprint density at radius 3 is 1.12 bits per heavy atom. The van der Waals surface area contributed by atoms with Gasteiger partial charge in [0.05, 0.1) is 6.61 Å². The predicted molar refractivity (Wildman–Crippen MR) is 235 cm³/mol. The van der Waals surface area contributed by atoms with Crippen LogP contribution in [-0.4, -0.2) is 41.0 Å². The highest BCUT2D eigenvalue weighted by Gasteiger charge is 2.23. The van der Waals surface area contributed by atoms with Crippen molar-refractivity contribution < 1.29 is 37.9 Å². The Morgan fingerprint density at radius 2 is 0.786 bits per heavy atom. The van der Waals surface area contributed by atoms with Crippen LogP contribution in [0.5, 0.6) is 0 Å². The van der Waals surface area contributed by atoms with Gasteiger partial charge in [0.2, 0.25) is 0 Å². The van der Waals surface area contributed by atoms with Crippen molar-refractivity contribution in [3.05, 3.63) is 0 Å². The second-order valence-electron chi connectivity index (χ2n) is 17.5. The highest BCUT2D eigenvalue weighted by atomic mass is 31.2. The number of hydrogen-bond donors (Lipinski definition) is 2. The predicted octanol–water partition coefficient (Wildman–Crippen LogP) is 14.9. The molecule has 0 rings (SSSR count). The van der Waals surface area contributed by atoms with E-state index in [-0.39, 0.29) is 19.4 Å². The Morgan fingerprint density at radius 1 is 0.464 bits per heavy atom. The van der Waals surface area contributed by atoms with Crippen LogP contribution in [0, 0.1) is 11.8 Å². The first-order valence-electron chi connectivity index (χ1n) is 24.1. The number of hydrogen-bond acceptors (Lipinski definition) is 6. The van der Waals surface area contributed by atoms with Gasteiger partial charge in [-0.2, -0.15) is 0 Å². The van der Waals surface area contributed by atoms with Crippen LogP contribution < -0.4 is 0 Å². The Kier molecular flexibility index (Phi) is 40.1. The third-order valence-corrected chi connectivity index (χ3v) is 11.8. The zero-order valence-corrected chi connectivity index (χ0v) is 38.3. The van der Waals surface area contributed by atoms with Crippen molar-refractivity contribution in [2.24, 2.45) is 11.8 Å². The molecule has 0 spiro atoms. The molecule has 0 aliphatic carbocycles. The summed E-state index contributed by atoms with van der Waals surface area (Å²) < 4.78 is 26.5. The lowest BCUT2D eigenvalue weighted by Gasteiger charge is -2.18. The van der Waals surface area contributed by atoms with Gasteiger partial charge in [0.1, 0.15) is 6.61 Å². The van der Waals surface area contributed by atoms with E-state index in [2.05, 4.69) is 32.2 Å². The minimum absolute atomic E-state index is 0.219. The van der Waals surface area contributed by atoms with Crippen LogP contribution in [0.3, 0.4) is 0 Å². The standard InChI is InChI=1S/C47H93O8P/c1-5-44(4)38-34-30-26-22-18-14-10-8-6-7-9-11-15-19-23-27-31-35-39-46(48)53-41-45(42-54-56(50,51)52)55-47(49)40-36-32-28-24-20-16-12-13-17-21-25-29-33-37-43(2)3/h43-45H,5-42H2,1-4H3,(H2,50,51,52)/t44?,45-/m1/s1. The molecule has 0 heterocycles. The number of phosphoric acid groups is 1. The fraction of sp³-hybridized carbons (Fsp3) is 0.957. The van der Waals surface area contributed by atoms with Crippen molar-refractivity contribution >= 4 is 19.8 Å². The van der Waals surface area contributed by atoms with Crippen molar-refractivity contribution in [3.8, 4) is 0 Å². The molecule has 8 nitrogen and oxygen atoms in total. The fourth-order valence-electron chi connectivity index (χ4n) is 7.36. The smallest absolute Gasteiger partial charge is 0.462 e. The molecule has 0 aromatic rings. The zero-order chi connectivity index (χ0) is 41.4. The van der Waals surface area contributed by atoms with E-state index in [1.165, 1.54) is 173 Å². The maximum Gasteiger partial charge on any atom is 0.469 e. The first-order valence-corrected chi connectivity index (χ1v) is 25.6. The van der Waals surface area contributed by atoms with E-state index >= 15 is 0 Å². The summed E-state index contributed by atoms with van der Waals surface area (Å²) in [7, 11) is -4.75. The van der Waals surface area contributed by atoms with Crippen LogP contribution in [0.2, 0.25) is 0 Å². The monoisotopic (exact) mass is 817 g/mol. The average molecular weight is 817 g/mol. The molecule has 9 heteroatoms. The van der Waals surface area contributed by atoms with E-state index in [1.807, 2.05) is 0 Å². The van der Waals surface area contributed by atoms with Crippen molar-refractivity contribution in [1.82, 2.24) is 0 Å². The molecule has 0 saturated carbocycles. The highest BCUT2D eigenvalue weighted by Crippen LogP contribution is 2.36. The molecule has 56 heavy (non-hydrogen) atoms. The highest BCUT2D eigenvalue weighted by molar-refractivity contribution is 7.46. The molecule has 0 bridgehead atoms. The van der Waals surface area contributed by atoms with Gasteiger partial charge in [-0.3, -0.25) is 14.1 Å². The number of esters is 2. The quantitative estimate of drug-likeness (QED) is 0.0354. The molecule has 334 valence electrons. The lowest BCUT2D eigenvalue weighted by molar-refractivity contribution is -0.161. The number of unbranched alkanes of at least 4 members (excludes halogenated alkanes) is 29. The topological polar surface area (TPSA) is 119 Å². The van der Waals surface area contributed by atoms with E-state index in [9.17, 15) is 14.2 Å². The van der Waals surface area contributed by atoms with Gasteiger partial charge in [0.15, 0.2) is 6.10 Å². The normalized spacial score (nSPS) is 13.0. The van der Waals surface area contributed by atoms with Gasteiger partial charge in [0.25, 0.3) is 0 Å². The molecule has 2 atom stereocenters. The molecule has 0 saturated heterocycles. The summed E-state index contributed by atoms with van der Waals surface area (Å²) in [5.74, 6) is 0.860. The maximum atomic E-state index is 12.4. The number of ether oxygens (including phenoxy) is 2. The lowest BCUT2D eigenvalue weighted by Crippen LogP contribution is -2.29. The van der Waals surface area contributed by atoms with E-state index in [4.69, 9.17) is 19.3 Å². The van der Waals surface area contributed by atoms with Gasteiger partial charge in [-0.05, 0) is 24.7 Å². The van der Waals surface area contributed by atoms with Gasteiger partial charge >= 0.3 is 19.8 Å². The maximum absolute atomic E-state index is 12.4. The zero-order valence-electron chi connectivity index (χ0n) is 37.4. The molecular weight excluding hydrogens is 723 g/mol. The summed E-state index contributed by atoms with van der Waals surface area (Å²) in [6.45, 7) is 8.46. The van der Waals surface area contributed by atoms with E-state index in [0.29, 0.717) is 6.42 Å². The number of phosphoric ester groups is 1. The number of carbonyl (C=O) groups is 2. The molecule has 0 aromatic carbocycles. The molecule has 0 amide bonds. The first kappa shape index (κ1) is 55.0. The third-order valence-electron chi connectivity index (χ3n) is 11.3. The number of carbonyl (C=O) groups excluding carboxylic acids is 2. The minimum Gasteiger partial charge on any atom is -0.462 e. The summed E-state index contributed by atoms with van der Waals surface area (Å²) in [6, 6.07) is 0. The van der Waals surface area contributed by atoms with Crippen LogP contribution in [0.1, 0.15) is 259 Å². The third kappa shape index (κ3) is 44.2.